The van der Waals surface area contributed by atoms with Crippen LogP contribution in [0.4, 0.5) is 4.79 Å². The van der Waals surface area contributed by atoms with Crippen LogP contribution in [-0.4, -0.2) is 60.4 Å². The average Bonchev–Trinajstić information content (AvgIpc) is 2.72. The first-order valence-electron chi connectivity index (χ1n) is 10.8. The van der Waals surface area contributed by atoms with E-state index in [1.165, 1.54) is 12.8 Å². The molecule has 1 N–H and O–H groups in total. The Morgan fingerprint density at radius 1 is 1.11 bits per heavy atom. The monoisotopic (exact) mass is 385 g/mol. The molecule has 0 spiro atoms. The van der Waals surface area contributed by atoms with E-state index < -0.39 is 0 Å². The molecular formula is C23H35N3O2. The van der Waals surface area contributed by atoms with Crippen LogP contribution < -0.4 is 5.32 Å². The number of nitrogens with one attached hydrogen (secondary N) is 1. The molecule has 5 nitrogen and oxygen atoms in total. The van der Waals surface area contributed by atoms with Crippen LogP contribution in [0.2, 0.25) is 0 Å². The Morgan fingerprint density at radius 3 is 2.43 bits per heavy atom. The zero-order valence-corrected chi connectivity index (χ0v) is 17.6. The molecule has 0 radical (unpaired) electrons. The fourth-order valence-corrected chi connectivity index (χ4v) is 4.40. The van der Waals surface area contributed by atoms with Crippen molar-refractivity contribution in [3.63, 3.8) is 0 Å². The van der Waals surface area contributed by atoms with Crippen LogP contribution in [0, 0.1) is 18.8 Å². The van der Waals surface area contributed by atoms with Gasteiger partial charge in [-0.3, -0.25) is 9.69 Å². The number of carbonyl (C=O) groups is 2. The highest BCUT2D eigenvalue weighted by molar-refractivity contribution is 5.98. The van der Waals surface area contributed by atoms with Gasteiger partial charge < -0.3 is 10.2 Å². The van der Waals surface area contributed by atoms with E-state index >= 15 is 0 Å². The Bertz CT molecular complexity index is 665. The molecule has 2 aliphatic heterocycles. The molecule has 2 fully saturated rings. The number of piperidine rings is 2. The molecule has 1 aromatic carbocycles. The zero-order chi connectivity index (χ0) is 20.1. The lowest BCUT2D eigenvalue weighted by atomic mass is 9.89. The minimum Gasteiger partial charge on any atom is -0.336 e. The number of likely N-dealkylation sites (tertiary alicyclic amines) is 2. The quantitative estimate of drug-likeness (QED) is 0.786. The van der Waals surface area contributed by atoms with Crippen molar-refractivity contribution in [3.05, 3.63) is 35.4 Å². The molecule has 0 saturated carbocycles. The van der Waals surface area contributed by atoms with E-state index in [9.17, 15) is 9.59 Å². The van der Waals surface area contributed by atoms with Crippen LogP contribution in [0.15, 0.2) is 24.3 Å². The van der Waals surface area contributed by atoms with Crippen LogP contribution in [0.1, 0.15) is 55.5 Å². The van der Waals surface area contributed by atoms with Crippen LogP contribution in [0.3, 0.4) is 0 Å². The van der Waals surface area contributed by atoms with Gasteiger partial charge in [-0.25, -0.2) is 4.79 Å². The number of Topliss-reactive ketones (excluding diaryl/α,β-unsaturated/α-hetero) is 1. The second-order valence-corrected chi connectivity index (χ2v) is 8.77. The van der Waals surface area contributed by atoms with Gasteiger partial charge in [0.25, 0.3) is 0 Å². The van der Waals surface area contributed by atoms with Crippen molar-refractivity contribution in [3.8, 4) is 0 Å². The normalized spacial score (nSPS) is 22.7. The molecule has 154 valence electrons. The summed E-state index contributed by atoms with van der Waals surface area (Å²) in [5.41, 5.74) is 1.95. The van der Waals surface area contributed by atoms with Crippen LogP contribution in [0.25, 0.3) is 0 Å². The summed E-state index contributed by atoms with van der Waals surface area (Å²) in [6, 6.07) is 8.18. The minimum atomic E-state index is 0.0122. The Hall–Kier alpha value is -1.88. The topological polar surface area (TPSA) is 52.7 Å². The van der Waals surface area contributed by atoms with Gasteiger partial charge >= 0.3 is 6.03 Å². The van der Waals surface area contributed by atoms with Gasteiger partial charge in [0, 0.05) is 43.7 Å². The Morgan fingerprint density at radius 2 is 1.79 bits per heavy atom. The predicted octanol–water partition coefficient (Wildman–Crippen LogP) is 3.72. The molecule has 2 unspecified atom stereocenters. The van der Waals surface area contributed by atoms with Gasteiger partial charge in [-0.05, 0) is 52.0 Å². The molecule has 0 aromatic heterocycles. The SMILES string of the molecule is Cc1ccc(C(=O)C2CCN(C(=O)NCC(C)N3CCCC(C)C3)CC2)cc1. The van der Waals surface area contributed by atoms with Gasteiger partial charge in [-0.2, -0.15) is 0 Å². The summed E-state index contributed by atoms with van der Waals surface area (Å²) in [7, 11) is 0. The summed E-state index contributed by atoms with van der Waals surface area (Å²) in [6.45, 7) is 10.8. The Balaban J connectivity index is 1.42. The highest BCUT2D eigenvalue weighted by atomic mass is 16.2. The molecule has 0 bridgehead atoms. The maximum Gasteiger partial charge on any atom is 0.317 e. The van der Waals surface area contributed by atoms with E-state index in [1.807, 2.05) is 36.1 Å². The maximum atomic E-state index is 12.7. The number of hydrogen-bond acceptors (Lipinski definition) is 3. The molecule has 2 aliphatic rings. The lowest BCUT2D eigenvalue weighted by Gasteiger charge is -2.36. The van der Waals surface area contributed by atoms with Gasteiger partial charge in [0.2, 0.25) is 0 Å². The second-order valence-electron chi connectivity index (χ2n) is 8.77. The predicted molar refractivity (Wildman–Crippen MR) is 113 cm³/mol. The summed E-state index contributed by atoms with van der Waals surface area (Å²) < 4.78 is 0. The van der Waals surface area contributed by atoms with Crippen molar-refractivity contribution in [2.75, 3.05) is 32.7 Å². The fraction of sp³-hybridized carbons (Fsp3) is 0.652. The molecule has 2 amide bonds. The molecule has 1 aromatic rings. The molecule has 2 saturated heterocycles. The number of carbonyl (C=O) groups excluding carboxylic acids is 2. The summed E-state index contributed by atoms with van der Waals surface area (Å²) in [6.07, 6.45) is 4.06. The Labute approximate surface area is 169 Å². The number of hydrogen-bond donors (Lipinski definition) is 1. The summed E-state index contributed by atoms with van der Waals surface area (Å²) >= 11 is 0. The minimum absolute atomic E-state index is 0.0122. The molecule has 28 heavy (non-hydrogen) atoms. The first kappa shape index (κ1) is 20.8. The molecule has 3 rings (SSSR count). The molecule has 5 heteroatoms. The number of aryl methyl sites for hydroxylation is 1. The lowest BCUT2D eigenvalue weighted by molar-refractivity contribution is 0.0852. The van der Waals surface area contributed by atoms with Crippen molar-refractivity contribution >= 4 is 11.8 Å². The van der Waals surface area contributed by atoms with Crippen molar-refractivity contribution in [1.82, 2.24) is 15.1 Å². The van der Waals surface area contributed by atoms with Crippen LogP contribution in [-0.2, 0) is 0 Å². The summed E-state index contributed by atoms with van der Waals surface area (Å²) in [5, 5.41) is 3.11. The van der Waals surface area contributed by atoms with E-state index in [0.29, 0.717) is 25.7 Å². The van der Waals surface area contributed by atoms with E-state index in [4.69, 9.17) is 0 Å². The first-order chi connectivity index (χ1) is 13.4. The number of urea groups is 1. The highest BCUT2D eigenvalue weighted by Gasteiger charge is 2.28. The molecule has 2 atom stereocenters. The number of amides is 2. The Kier molecular flexibility index (Phi) is 7.11. The van der Waals surface area contributed by atoms with Gasteiger partial charge in [-0.15, -0.1) is 0 Å². The van der Waals surface area contributed by atoms with Gasteiger partial charge in [0.1, 0.15) is 0 Å². The van der Waals surface area contributed by atoms with Gasteiger partial charge in [0.15, 0.2) is 5.78 Å². The zero-order valence-electron chi connectivity index (χ0n) is 17.6. The van der Waals surface area contributed by atoms with E-state index in [0.717, 1.165) is 43.0 Å². The molecular weight excluding hydrogens is 350 g/mol. The van der Waals surface area contributed by atoms with Crippen molar-refractivity contribution in [2.45, 2.75) is 52.5 Å². The van der Waals surface area contributed by atoms with Crippen LogP contribution >= 0.6 is 0 Å². The number of benzene rings is 1. The lowest BCUT2D eigenvalue weighted by Crippen LogP contribution is -2.50. The van der Waals surface area contributed by atoms with Crippen LogP contribution in [0.5, 0.6) is 0 Å². The van der Waals surface area contributed by atoms with Gasteiger partial charge in [0.05, 0.1) is 0 Å². The van der Waals surface area contributed by atoms with E-state index in [2.05, 4.69) is 24.1 Å². The number of rotatable bonds is 5. The van der Waals surface area contributed by atoms with Crippen molar-refractivity contribution < 1.29 is 9.59 Å². The van der Waals surface area contributed by atoms with Gasteiger partial charge in [-0.1, -0.05) is 36.8 Å². The standard InChI is InChI=1S/C23H35N3O2/c1-17-6-8-20(9-7-17)22(27)21-10-13-25(14-11-21)23(28)24-15-19(3)26-12-4-5-18(2)16-26/h6-9,18-19,21H,4-5,10-16H2,1-3H3,(H,24,28). The average molecular weight is 386 g/mol. The summed E-state index contributed by atoms with van der Waals surface area (Å²) in [5.74, 6) is 0.991. The largest absolute Gasteiger partial charge is 0.336 e. The second kappa shape index (κ2) is 9.55. The highest BCUT2D eigenvalue weighted by Crippen LogP contribution is 2.22. The number of nitrogens with zero attached hydrogens (tertiary/aromatic N) is 2. The van der Waals surface area contributed by atoms with Crippen molar-refractivity contribution in [2.24, 2.45) is 11.8 Å². The third-order valence-corrected chi connectivity index (χ3v) is 6.35. The van der Waals surface area contributed by atoms with E-state index in [1.54, 1.807) is 0 Å². The molecule has 0 aliphatic carbocycles. The maximum absolute atomic E-state index is 12.7. The van der Waals surface area contributed by atoms with Crippen molar-refractivity contribution in [1.29, 1.82) is 0 Å². The smallest absolute Gasteiger partial charge is 0.317 e. The first-order valence-corrected chi connectivity index (χ1v) is 10.8. The molecule has 2 heterocycles. The third kappa shape index (κ3) is 5.34. The summed E-state index contributed by atoms with van der Waals surface area (Å²) in [4.78, 5) is 29.6. The third-order valence-electron chi connectivity index (χ3n) is 6.35. The number of ketones is 1. The van der Waals surface area contributed by atoms with E-state index in [-0.39, 0.29) is 17.7 Å². The fourth-order valence-electron chi connectivity index (χ4n) is 4.40.